The van der Waals surface area contributed by atoms with Gasteiger partial charge in [0, 0.05) is 37.6 Å². The lowest BCUT2D eigenvalue weighted by molar-refractivity contribution is -0.130. The molecule has 4 amide bonds. The van der Waals surface area contributed by atoms with Crippen molar-refractivity contribution in [3.8, 4) is 11.1 Å². The lowest BCUT2D eigenvalue weighted by Gasteiger charge is -2.17. The highest BCUT2D eigenvalue weighted by molar-refractivity contribution is 5.95. The quantitative estimate of drug-likeness (QED) is 0.263. The molecule has 2 aliphatic rings. The van der Waals surface area contributed by atoms with Crippen molar-refractivity contribution in [2.45, 2.75) is 25.7 Å². The Balaban J connectivity index is 0.959. The van der Waals surface area contributed by atoms with Crippen LogP contribution in [0.15, 0.2) is 109 Å². The molecule has 8 nitrogen and oxygen atoms in total. The summed E-state index contributed by atoms with van der Waals surface area (Å²) >= 11 is 0. The Morgan fingerprint density at radius 3 is 1.26 bits per heavy atom. The summed E-state index contributed by atoms with van der Waals surface area (Å²) in [5.41, 5.74) is 5.34. The third kappa shape index (κ3) is 7.69. The molecule has 0 unspecified atom stereocenters. The van der Waals surface area contributed by atoms with Gasteiger partial charge in [-0.05, 0) is 59.4 Å². The number of nitrogens with zero attached hydrogens (tertiary/aromatic N) is 2. The minimum atomic E-state index is -0.232. The Morgan fingerprint density at radius 2 is 0.891 bits per heavy atom. The molecule has 46 heavy (non-hydrogen) atoms. The van der Waals surface area contributed by atoms with Gasteiger partial charge >= 0.3 is 0 Å². The molecule has 234 valence electrons. The second-order valence-electron chi connectivity index (χ2n) is 12.1. The van der Waals surface area contributed by atoms with Crippen molar-refractivity contribution in [2.75, 3.05) is 36.8 Å². The maximum atomic E-state index is 12.9. The molecule has 4 aromatic carbocycles. The molecule has 2 saturated heterocycles. The highest BCUT2D eigenvalue weighted by atomic mass is 16.2. The normalized spacial score (nSPS) is 17.5. The predicted octanol–water partition coefficient (Wildman–Crippen LogP) is 5.41. The van der Waals surface area contributed by atoms with Gasteiger partial charge in [0.1, 0.15) is 0 Å². The number of nitrogens with one attached hydrogen (secondary N) is 2. The Kier molecular flexibility index (Phi) is 9.53. The van der Waals surface area contributed by atoms with E-state index in [-0.39, 0.29) is 35.5 Å². The number of hydrogen-bond donors (Lipinski definition) is 2. The van der Waals surface area contributed by atoms with E-state index in [4.69, 9.17) is 0 Å². The second kappa shape index (κ2) is 14.2. The van der Waals surface area contributed by atoms with Gasteiger partial charge in [-0.1, -0.05) is 84.9 Å². The van der Waals surface area contributed by atoms with E-state index >= 15 is 0 Å². The van der Waals surface area contributed by atoms with Gasteiger partial charge in [0.2, 0.25) is 23.6 Å². The number of rotatable bonds is 9. The van der Waals surface area contributed by atoms with E-state index in [1.54, 1.807) is 9.80 Å². The molecule has 0 aliphatic carbocycles. The van der Waals surface area contributed by atoms with Gasteiger partial charge in [-0.2, -0.15) is 0 Å². The molecule has 0 spiro atoms. The van der Waals surface area contributed by atoms with E-state index in [0.29, 0.717) is 63.2 Å². The topological polar surface area (TPSA) is 98.8 Å². The fraction of sp³-hybridized carbons (Fsp3) is 0.263. The minimum Gasteiger partial charge on any atom is -0.342 e. The van der Waals surface area contributed by atoms with Gasteiger partial charge in [0.15, 0.2) is 0 Å². The fourth-order valence-corrected chi connectivity index (χ4v) is 6.15. The van der Waals surface area contributed by atoms with Crippen LogP contribution in [0.5, 0.6) is 0 Å². The summed E-state index contributed by atoms with van der Waals surface area (Å²) in [4.78, 5) is 54.8. The van der Waals surface area contributed by atoms with Crippen molar-refractivity contribution in [3.63, 3.8) is 0 Å². The van der Waals surface area contributed by atoms with Crippen LogP contribution < -0.4 is 10.6 Å². The first-order chi connectivity index (χ1) is 22.4. The van der Waals surface area contributed by atoms with Crippen LogP contribution >= 0.6 is 0 Å². The van der Waals surface area contributed by atoms with Gasteiger partial charge in [-0.3, -0.25) is 19.2 Å². The van der Waals surface area contributed by atoms with Crippen LogP contribution in [0.1, 0.15) is 24.0 Å². The summed E-state index contributed by atoms with van der Waals surface area (Å²) in [7, 11) is 0. The largest absolute Gasteiger partial charge is 0.342 e. The third-order valence-corrected chi connectivity index (χ3v) is 8.86. The number of likely N-dealkylation sites (tertiary alicyclic amines) is 2. The Bertz CT molecular complexity index is 1550. The Hall–Kier alpha value is -5.24. The first kappa shape index (κ1) is 30.8. The molecule has 8 heteroatoms. The summed E-state index contributed by atoms with van der Waals surface area (Å²) in [6.07, 6.45) is 2.00. The van der Waals surface area contributed by atoms with E-state index in [0.717, 1.165) is 22.3 Å². The first-order valence-electron chi connectivity index (χ1n) is 15.9. The minimum absolute atomic E-state index is 0.0487. The van der Waals surface area contributed by atoms with E-state index < -0.39 is 0 Å². The molecule has 2 heterocycles. The van der Waals surface area contributed by atoms with E-state index in [1.165, 1.54) is 0 Å². The number of carbonyl (C=O) groups is 4. The molecule has 2 atom stereocenters. The number of anilines is 2. The van der Waals surface area contributed by atoms with Crippen LogP contribution in [0, 0.1) is 11.8 Å². The van der Waals surface area contributed by atoms with Crippen LogP contribution in [-0.2, 0) is 32.0 Å². The standard InChI is InChI=1S/C38H38N4O4/c43-35(23-27-7-3-1-4-8-27)41-21-19-31(25-41)37(45)39-33-15-11-29(12-16-33)30-13-17-34(18-14-30)40-38(46)32-20-22-42(26-32)36(44)24-28-9-5-2-6-10-28/h1-18,31-32H,19-26H2,(H,39,45)(H,40,46)/t31-,32+. The number of amides is 4. The summed E-state index contributed by atoms with van der Waals surface area (Å²) in [5.74, 6) is -0.517. The molecule has 0 aromatic heterocycles. The lowest BCUT2D eigenvalue weighted by Crippen LogP contribution is -2.32. The number of hydrogen-bond acceptors (Lipinski definition) is 4. The molecule has 2 fully saturated rings. The zero-order chi connectivity index (χ0) is 31.9. The molecule has 0 bridgehead atoms. The van der Waals surface area contributed by atoms with Crippen LogP contribution in [0.25, 0.3) is 11.1 Å². The van der Waals surface area contributed by atoms with E-state index in [2.05, 4.69) is 10.6 Å². The SMILES string of the molecule is O=C(Nc1ccc(-c2ccc(NC(=O)[C@H]3CCN(C(=O)Cc4ccccc4)C3)cc2)cc1)[C@@H]1CCN(C(=O)Cc2ccccc2)C1. The van der Waals surface area contributed by atoms with Gasteiger partial charge < -0.3 is 20.4 Å². The summed E-state index contributed by atoms with van der Waals surface area (Å²) in [6, 6.07) is 34.6. The van der Waals surface area contributed by atoms with E-state index in [1.807, 2.05) is 109 Å². The summed E-state index contributed by atoms with van der Waals surface area (Å²) in [6.45, 7) is 2.05. The van der Waals surface area contributed by atoms with Crippen LogP contribution in [0.2, 0.25) is 0 Å². The van der Waals surface area contributed by atoms with Crippen molar-refractivity contribution in [3.05, 3.63) is 120 Å². The van der Waals surface area contributed by atoms with Crippen LogP contribution in [-0.4, -0.2) is 59.6 Å². The Morgan fingerprint density at radius 1 is 0.522 bits per heavy atom. The zero-order valence-corrected chi connectivity index (χ0v) is 25.7. The predicted molar refractivity (Wildman–Crippen MR) is 179 cm³/mol. The van der Waals surface area contributed by atoms with Crippen molar-refractivity contribution in [2.24, 2.45) is 11.8 Å². The molecular weight excluding hydrogens is 576 g/mol. The zero-order valence-electron chi connectivity index (χ0n) is 25.7. The molecule has 0 radical (unpaired) electrons. The maximum absolute atomic E-state index is 12.9. The van der Waals surface area contributed by atoms with Crippen molar-refractivity contribution in [1.29, 1.82) is 0 Å². The Labute approximate surface area is 269 Å². The first-order valence-corrected chi connectivity index (χ1v) is 15.9. The summed E-state index contributed by atoms with van der Waals surface area (Å²) < 4.78 is 0. The second-order valence-corrected chi connectivity index (χ2v) is 12.1. The highest BCUT2D eigenvalue weighted by Crippen LogP contribution is 2.26. The van der Waals surface area contributed by atoms with Gasteiger partial charge in [-0.25, -0.2) is 0 Å². The number of benzene rings is 4. The van der Waals surface area contributed by atoms with Gasteiger partial charge in [0.05, 0.1) is 24.7 Å². The van der Waals surface area contributed by atoms with Crippen molar-refractivity contribution >= 4 is 35.0 Å². The van der Waals surface area contributed by atoms with Crippen molar-refractivity contribution in [1.82, 2.24) is 9.80 Å². The fourth-order valence-electron chi connectivity index (χ4n) is 6.15. The average molecular weight is 615 g/mol. The number of carbonyl (C=O) groups excluding carboxylic acids is 4. The maximum Gasteiger partial charge on any atom is 0.229 e. The molecular formula is C38H38N4O4. The molecule has 0 saturated carbocycles. The molecule has 6 rings (SSSR count). The highest BCUT2D eigenvalue weighted by Gasteiger charge is 2.32. The van der Waals surface area contributed by atoms with Gasteiger partial charge in [-0.15, -0.1) is 0 Å². The molecule has 2 N–H and O–H groups in total. The third-order valence-electron chi connectivity index (χ3n) is 8.86. The van der Waals surface area contributed by atoms with E-state index in [9.17, 15) is 19.2 Å². The average Bonchev–Trinajstić information content (AvgIpc) is 3.78. The lowest BCUT2D eigenvalue weighted by atomic mass is 10.0. The molecule has 2 aliphatic heterocycles. The molecule has 4 aromatic rings. The van der Waals surface area contributed by atoms with Crippen LogP contribution in [0.3, 0.4) is 0 Å². The smallest absolute Gasteiger partial charge is 0.229 e. The van der Waals surface area contributed by atoms with Crippen molar-refractivity contribution < 1.29 is 19.2 Å². The monoisotopic (exact) mass is 614 g/mol. The van der Waals surface area contributed by atoms with Gasteiger partial charge in [0.25, 0.3) is 0 Å². The van der Waals surface area contributed by atoms with Crippen LogP contribution in [0.4, 0.5) is 11.4 Å². The summed E-state index contributed by atoms with van der Waals surface area (Å²) in [5, 5.41) is 6.00.